The van der Waals surface area contributed by atoms with Crippen LogP contribution in [0, 0.1) is 17.0 Å². The number of anilines is 1. The normalized spacial score (nSPS) is 19.3. The molecule has 3 amide bonds. The van der Waals surface area contributed by atoms with Gasteiger partial charge in [0.05, 0.1) is 16.5 Å². The first kappa shape index (κ1) is 22.4. The van der Waals surface area contributed by atoms with Gasteiger partial charge in [-0.2, -0.15) is 0 Å². The summed E-state index contributed by atoms with van der Waals surface area (Å²) in [6, 6.07) is 14.8. The highest BCUT2D eigenvalue weighted by Crippen LogP contribution is 2.46. The Labute approximate surface area is 210 Å². The number of β-lactam (4-membered cyclic amide) rings is 1. The molecule has 0 saturated carbocycles. The first-order valence-corrected chi connectivity index (χ1v) is 11.8. The first-order chi connectivity index (χ1) is 16.2. The number of nitro groups is 1. The molecule has 1 saturated heterocycles. The minimum absolute atomic E-state index is 0.0714. The van der Waals surface area contributed by atoms with Gasteiger partial charge in [0.15, 0.2) is 0 Å². The summed E-state index contributed by atoms with van der Waals surface area (Å²) in [5.74, 6) is -1.99. The number of rotatable bonds is 4. The minimum Gasteiger partial charge on any atom is -0.300 e. The molecule has 0 N–H and O–H groups in total. The lowest BCUT2D eigenvalue weighted by Gasteiger charge is -2.49. The van der Waals surface area contributed by atoms with Crippen molar-refractivity contribution < 1.29 is 19.3 Å². The van der Waals surface area contributed by atoms with E-state index in [0.29, 0.717) is 11.3 Å². The van der Waals surface area contributed by atoms with Gasteiger partial charge in [0.2, 0.25) is 0 Å². The molecule has 34 heavy (non-hydrogen) atoms. The number of fused-ring (bicyclic) bond motifs is 1. The van der Waals surface area contributed by atoms with Gasteiger partial charge < -0.3 is 4.90 Å². The van der Waals surface area contributed by atoms with Crippen molar-refractivity contribution in [3.05, 3.63) is 102 Å². The quantitative estimate of drug-likeness (QED) is 0.182. The molecule has 8 nitrogen and oxygen atoms in total. The molecule has 0 bridgehead atoms. The van der Waals surface area contributed by atoms with Crippen LogP contribution in [0.2, 0.25) is 0 Å². The average molecular weight is 585 g/mol. The van der Waals surface area contributed by atoms with Crippen LogP contribution in [0.4, 0.5) is 11.4 Å². The molecule has 2 aliphatic heterocycles. The van der Waals surface area contributed by atoms with Gasteiger partial charge in [0.1, 0.15) is 11.6 Å². The number of nitrogens with zero attached hydrogens (tertiary/aromatic N) is 3. The van der Waals surface area contributed by atoms with Crippen molar-refractivity contribution in [3.8, 4) is 0 Å². The molecule has 0 unspecified atom stereocenters. The zero-order valence-electron chi connectivity index (χ0n) is 17.6. The molecule has 3 aromatic rings. The van der Waals surface area contributed by atoms with E-state index in [0.717, 1.165) is 19.4 Å². The molecule has 2 aliphatic rings. The van der Waals surface area contributed by atoms with Gasteiger partial charge in [-0.1, -0.05) is 50.1 Å². The Hall–Kier alpha value is -3.37. The second kappa shape index (κ2) is 8.14. The number of amides is 3. The van der Waals surface area contributed by atoms with Crippen LogP contribution in [0.5, 0.6) is 0 Å². The van der Waals surface area contributed by atoms with E-state index in [1.54, 1.807) is 17.0 Å². The summed E-state index contributed by atoms with van der Waals surface area (Å²) in [6.45, 7) is 1.90. The van der Waals surface area contributed by atoms with Crippen molar-refractivity contribution in [1.29, 1.82) is 0 Å². The fourth-order valence-electron chi connectivity index (χ4n) is 4.50. The maximum Gasteiger partial charge on any atom is 0.282 e. The highest BCUT2D eigenvalue weighted by atomic mass is 79.9. The summed E-state index contributed by atoms with van der Waals surface area (Å²) in [7, 11) is 0. The number of carbonyl (C=O) groups is 3. The van der Waals surface area contributed by atoms with E-state index in [1.165, 1.54) is 18.2 Å². The zero-order chi connectivity index (χ0) is 24.3. The molecule has 2 heterocycles. The van der Waals surface area contributed by atoms with Crippen molar-refractivity contribution in [2.75, 3.05) is 4.90 Å². The topological polar surface area (TPSA) is 101 Å². The van der Waals surface area contributed by atoms with Gasteiger partial charge in [-0.3, -0.25) is 29.4 Å². The summed E-state index contributed by atoms with van der Waals surface area (Å²) in [5.41, 5.74) is 1.44. The largest absolute Gasteiger partial charge is 0.300 e. The first-order valence-electron chi connectivity index (χ1n) is 10.2. The third kappa shape index (κ3) is 3.28. The molecule has 170 valence electrons. The van der Waals surface area contributed by atoms with Gasteiger partial charge in [0, 0.05) is 20.7 Å². The fourth-order valence-corrected chi connectivity index (χ4v) is 5.17. The van der Waals surface area contributed by atoms with Crippen LogP contribution < -0.4 is 4.90 Å². The summed E-state index contributed by atoms with van der Waals surface area (Å²) in [5, 5.41) is 11.5. The average Bonchev–Trinajstić information content (AvgIpc) is 3.05. The summed E-state index contributed by atoms with van der Waals surface area (Å²) < 4.78 is 1.65. The summed E-state index contributed by atoms with van der Waals surface area (Å²) in [4.78, 5) is 53.3. The van der Waals surface area contributed by atoms with Crippen LogP contribution in [0.25, 0.3) is 0 Å². The van der Waals surface area contributed by atoms with E-state index in [-0.39, 0.29) is 11.1 Å². The number of imide groups is 1. The lowest BCUT2D eigenvalue weighted by molar-refractivity contribution is -0.385. The Morgan fingerprint density at radius 1 is 0.882 bits per heavy atom. The molecule has 10 heteroatoms. The minimum atomic E-state index is -1.13. The third-order valence-corrected chi connectivity index (χ3v) is 7.46. The van der Waals surface area contributed by atoms with Gasteiger partial charge >= 0.3 is 0 Å². The molecular weight excluding hydrogens is 570 g/mol. The number of hydrogen-bond donors (Lipinski definition) is 0. The number of carbonyl (C=O) groups excluding carboxylic acids is 3. The van der Waals surface area contributed by atoms with E-state index in [4.69, 9.17) is 0 Å². The standard InChI is InChI=1S/C24H15Br2N3O5/c1-12-10-15(8-9-17(12)26)27-20(13-4-2-5-14(25)11-13)21(24(27)32)28-22(30)16-6-3-7-18(29(33)34)19(16)23(28)31/h2-11,20-21H,1H3/t20-,21+/m1/s1. The molecule has 1 fully saturated rings. The fraction of sp³-hybridized carbons (Fsp3) is 0.125. The van der Waals surface area contributed by atoms with Crippen LogP contribution in [0.3, 0.4) is 0 Å². The van der Waals surface area contributed by atoms with Crippen LogP contribution in [0.1, 0.15) is 37.9 Å². The van der Waals surface area contributed by atoms with Crippen LogP contribution in [-0.2, 0) is 4.79 Å². The highest BCUT2D eigenvalue weighted by Gasteiger charge is 2.58. The molecule has 5 rings (SSSR count). The lowest BCUT2D eigenvalue weighted by Crippen LogP contribution is -2.67. The van der Waals surface area contributed by atoms with E-state index in [2.05, 4.69) is 31.9 Å². The predicted octanol–water partition coefficient (Wildman–Crippen LogP) is 5.18. The SMILES string of the molecule is Cc1cc(N2C(=O)[C@@H](N3C(=O)c4cccc([N+](=O)[O-])c4C3=O)[C@H]2c2cccc(Br)c2)ccc1Br. The van der Waals surface area contributed by atoms with Crippen molar-refractivity contribution >= 4 is 61.0 Å². The summed E-state index contributed by atoms with van der Waals surface area (Å²) >= 11 is 6.90. The van der Waals surface area contributed by atoms with E-state index in [1.807, 2.05) is 37.3 Å². The second-order valence-electron chi connectivity index (χ2n) is 8.02. The number of hydrogen-bond acceptors (Lipinski definition) is 5. The summed E-state index contributed by atoms with van der Waals surface area (Å²) in [6.07, 6.45) is 0. The molecule has 3 aromatic carbocycles. The van der Waals surface area contributed by atoms with Crippen molar-refractivity contribution in [2.45, 2.75) is 19.0 Å². The van der Waals surface area contributed by atoms with Gasteiger partial charge in [-0.25, -0.2) is 0 Å². The Morgan fingerprint density at radius 2 is 1.62 bits per heavy atom. The van der Waals surface area contributed by atoms with Crippen LogP contribution >= 0.6 is 31.9 Å². The highest BCUT2D eigenvalue weighted by molar-refractivity contribution is 9.10. The Balaban J connectivity index is 1.62. The maximum atomic E-state index is 13.5. The molecule has 0 aliphatic carbocycles. The Kier molecular flexibility index (Phi) is 5.37. The number of benzene rings is 3. The number of halogens is 2. The van der Waals surface area contributed by atoms with E-state index < -0.39 is 40.4 Å². The zero-order valence-corrected chi connectivity index (χ0v) is 20.7. The van der Waals surface area contributed by atoms with Crippen molar-refractivity contribution in [2.24, 2.45) is 0 Å². The van der Waals surface area contributed by atoms with E-state index in [9.17, 15) is 24.5 Å². The van der Waals surface area contributed by atoms with E-state index >= 15 is 0 Å². The molecular formula is C24H15Br2N3O5. The smallest absolute Gasteiger partial charge is 0.282 e. The molecule has 0 radical (unpaired) electrons. The van der Waals surface area contributed by atoms with Crippen LogP contribution in [-0.4, -0.2) is 33.6 Å². The predicted molar refractivity (Wildman–Crippen MR) is 131 cm³/mol. The van der Waals surface area contributed by atoms with Gasteiger partial charge in [-0.15, -0.1) is 0 Å². The number of nitro benzene ring substituents is 1. The Morgan fingerprint density at radius 3 is 2.29 bits per heavy atom. The van der Waals surface area contributed by atoms with Gasteiger partial charge in [0.25, 0.3) is 23.4 Å². The second-order valence-corrected chi connectivity index (χ2v) is 9.79. The van der Waals surface area contributed by atoms with Gasteiger partial charge in [-0.05, 0) is 54.4 Å². The molecule has 2 atom stereocenters. The van der Waals surface area contributed by atoms with Crippen molar-refractivity contribution in [3.63, 3.8) is 0 Å². The van der Waals surface area contributed by atoms with Crippen molar-refractivity contribution in [1.82, 2.24) is 4.90 Å². The van der Waals surface area contributed by atoms with Crippen LogP contribution in [0.15, 0.2) is 69.6 Å². The maximum absolute atomic E-state index is 13.5. The third-order valence-electron chi connectivity index (χ3n) is 6.08. The molecule has 0 aromatic heterocycles. The lowest BCUT2D eigenvalue weighted by atomic mass is 9.86. The molecule has 0 spiro atoms. The number of aryl methyl sites for hydroxylation is 1. The monoisotopic (exact) mass is 583 g/mol. The Bertz CT molecular complexity index is 1420.